The number of hydrogen-bond acceptors (Lipinski definition) is 2. The molecule has 1 aromatic rings. The van der Waals surface area contributed by atoms with Crippen molar-refractivity contribution >= 4 is 5.91 Å². The Balaban J connectivity index is 2.07. The Bertz CT molecular complexity index is 552. The monoisotopic (exact) mass is 332 g/mol. The zero-order chi connectivity index (χ0) is 17.0. The fourth-order valence-corrected chi connectivity index (χ4v) is 2.72. The molecular weight excluding hydrogens is 312 g/mol. The number of nitrogens with one attached hydrogen (secondary N) is 1. The van der Waals surface area contributed by atoms with Crippen molar-refractivity contribution in [1.82, 2.24) is 10.2 Å². The number of amides is 1. The number of likely N-dealkylation sites (tertiary alicyclic amines) is 1. The minimum Gasteiger partial charge on any atom is -0.339 e. The summed E-state index contributed by atoms with van der Waals surface area (Å²) in [5.41, 5.74) is -1.52. The smallest absolute Gasteiger partial charge is 0.339 e. The van der Waals surface area contributed by atoms with E-state index in [9.17, 15) is 22.4 Å². The van der Waals surface area contributed by atoms with Gasteiger partial charge in [-0.15, -0.1) is 0 Å². The maximum atomic E-state index is 13.8. The van der Waals surface area contributed by atoms with Crippen molar-refractivity contribution in [2.24, 2.45) is 5.92 Å². The maximum Gasteiger partial charge on any atom is 0.416 e. The number of carbonyl (C=O) groups is 1. The van der Waals surface area contributed by atoms with E-state index < -0.39 is 29.0 Å². The predicted molar refractivity (Wildman–Crippen MR) is 78.6 cm³/mol. The highest BCUT2D eigenvalue weighted by atomic mass is 19.4. The molecule has 0 aromatic heterocycles. The third-order valence-electron chi connectivity index (χ3n) is 4.11. The Morgan fingerprint density at radius 2 is 1.96 bits per heavy atom. The highest BCUT2D eigenvalue weighted by molar-refractivity contribution is 5.94. The van der Waals surface area contributed by atoms with E-state index in [1.54, 1.807) is 0 Å². The van der Waals surface area contributed by atoms with E-state index in [1.165, 1.54) is 4.90 Å². The van der Waals surface area contributed by atoms with Crippen LogP contribution in [0.3, 0.4) is 0 Å². The van der Waals surface area contributed by atoms with Crippen molar-refractivity contribution in [3.63, 3.8) is 0 Å². The summed E-state index contributed by atoms with van der Waals surface area (Å²) >= 11 is 0. The molecule has 0 unspecified atom stereocenters. The fourth-order valence-electron chi connectivity index (χ4n) is 2.72. The van der Waals surface area contributed by atoms with Gasteiger partial charge in [0, 0.05) is 13.1 Å². The maximum absolute atomic E-state index is 13.8. The summed E-state index contributed by atoms with van der Waals surface area (Å²) in [7, 11) is 0. The summed E-state index contributed by atoms with van der Waals surface area (Å²) in [6, 6.07) is 1.95. The van der Waals surface area contributed by atoms with Gasteiger partial charge in [0.05, 0.1) is 11.1 Å². The first-order chi connectivity index (χ1) is 10.8. The number of carbonyl (C=O) groups excluding carboxylic acids is 1. The van der Waals surface area contributed by atoms with Gasteiger partial charge in [0.1, 0.15) is 5.82 Å². The number of nitrogens with zero attached hydrogens (tertiary/aromatic N) is 1. The molecule has 1 saturated heterocycles. The molecule has 128 valence electrons. The van der Waals surface area contributed by atoms with Crippen molar-refractivity contribution in [1.29, 1.82) is 0 Å². The summed E-state index contributed by atoms with van der Waals surface area (Å²) in [5.74, 6) is -1.15. The number of piperidine rings is 1. The van der Waals surface area contributed by atoms with E-state index in [2.05, 4.69) is 5.32 Å². The molecule has 1 fully saturated rings. The van der Waals surface area contributed by atoms with Gasteiger partial charge in [0.25, 0.3) is 5.91 Å². The van der Waals surface area contributed by atoms with Crippen molar-refractivity contribution in [3.8, 4) is 0 Å². The minimum atomic E-state index is -4.60. The van der Waals surface area contributed by atoms with Gasteiger partial charge in [-0.25, -0.2) is 4.39 Å². The van der Waals surface area contributed by atoms with Gasteiger partial charge in [0.15, 0.2) is 0 Å². The first-order valence-corrected chi connectivity index (χ1v) is 7.69. The molecule has 1 heterocycles. The highest BCUT2D eigenvalue weighted by Crippen LogP contribution is 2.31. The SMILES string of the molecule is CCNCC1CCN(C(=O)c2cc(C(F)(F)F)ccc2F)CC1. The standard InChI is InChI=1S/C16H20F4N2O/c1-2-21-10-11-5-7-22(8-6-11)15(23)13-9-12(16(18,19)20)3-4-14(13)17/h3-4,9,11,21H,2,5-8,10H2,1H3. The molecule has 0 spiro atoms. The second-order valence-corrected chi connectivity index (χ2v) is 5.74. The van der Waals surface area contributed by atoms with Crippen LogP contribution >= 0.6 is 0 Å². The van der Waals surface area contributed by atoms with Crippen LogP contribution in [0.4, 0.5) is 17.6 Å². The predicted octanol–water partition coefficient (Wildman–Crippen LogP) is 3.31. The summed E-state index contributed by atoms with van der Waals surface area (Å²) < 4.78 is 51.9. The van der Waals surface area contributed by atoms with Crippen LogP contribution in [-0.2, 0) is 6.18 Å². The third-order valence-corrected chi connectivity index (χ3v) is 4.11. The van der Waals surface area contributed by atoms with E-state index in [1.807, 2.05) is 6.92 Å². The lowest BCUT2D eigenvalue weighted by molar-refractivity contribution is -0.137. The van der Waals surface area contributed by atoms with Crippen molar-refractivity contribution < 1.29 is 22.4 Å². The second kappa shape index (κ2) is 7.29. The molecule has 1 aliphatic rings. The molecule has 1 aromatic carbocycles. The average molecular weight is 332 g/mol. The molecular formula is C16H20F4N2O. The van der Waals surface area contributed by atoms with E-state index in [0.29, 0.717) is 37.2 Å². The van der Waals surface area contributed by atoms with E-state index >= 15 is 0 Å². The van der Waals surface area contributed by atoms with E-state index in [4.69, 9.17) is 0 Å². The number of benzene rings is 1. The molecule has 1 amide bonds. The number of rotatable bonds is 4. The van der Waals surface area contributed by atoms with Gasteiger partial charge >= 0.3 is 6.18 Å². The molecule has 0 atom stereocenters. The highest BCUT2D eigenvalue weighted by Gasteiger charge is 2.33. The number of alkyl halides is 3. The topological polar surface area (TPSA) is 32.3 Å². The van der Waals surface area contributed by atoms with Crippen molar-refractivity contribution in [2.45, 2.75) is 25.9 Å². The third kappa shape index (κ3) is 4.43. The molecule has 0 bridgehead atoms. The molecule has 23 heavy (non-hydrogen) atoms. The van der Waals surface area contributed by atoms with Gasteiger partial charge < -0.3 is 10.2 Å². The molecule has 7 heteroatoms. The quantitative estimate of drug-likeness (QED) is 0.858. The minimum absolute atomic E-state index is 0.435. The largest absolute Gasteiger partial charge is 0.416 e. The van der Waals surface area contributed by atoms with E-state index in [-0.39, 0.29) is 0 Å². The Hall–Kier alpha value is -1.63. The number of hydrogen-bond donors (Lipinski definition) is 1. The lowest BCUT2D eigenvalue weighted by Gasteiger charge is -2.32. The second-order valence-electron chi connectivity index (χ2n) is 5.74. The molecule has 0 radical (unpaired) electrons. The zero-order valence-corrected chi connectivity index (χ0v) is 12.9. The van der Waals surface area contributed by atoms with Crippen molar-refractivity contribution in [3.05, 3.63) is 35.1 Å². The van der Waals surface area contributed by atoms with Crippen LogP contribution in [0.25, 0.3) is 0 Å². The van der Waals surface area contributed by atoms with Crippen LogP contribution < -0.4 is 5.32 Å². The summed E-state index contributed by atoms with van der Waals surface area (Å²) in [6.45, 7) is 4.61. The Morgan fingerprint density at radius 3 is 2.52 bits per heavy atom. The summed E-state index contributed by atoms with van der Waals surface area (Å²) in [6.07, 6.45) is -3.07. The fraction of sp³-hybridized carbons (Fsp3) is 0.562. The summed E-state index contributed by atoms with van der Waals surface area (Å²) in [5, 5.41) is 3.24. The zero-order valence-electron chi connectivity index (χ0n) is 12.9. The van der Waals surface area contributed by atoms with Crippen LogP contribution in [0.5, 0.6) is 0 Å². The molecule has 0 saturated carbocycles. The van der Waals surface area contributed by atoms with Crippen LogP contribution in [0.1, 0.15) is 35.7 Å². The van der Waals surface area contributed by atoms with Crippen molar-refractivity contribution in [2.75, 3.05) is 26.2 Å². The molecule has 3 nitrogen and oxygen atoms in total. The normalized spacial score (nSPS) is 16.7. The first kappa shape index (κ1) is 17.7. The van der Waals surface area contributed by atoms with Gasteiger partial charge in [-0.05, 0) is 50.0 Å². The number of halogens is 4. The van der Waals surface area contributed by atoms with Crippen LogP contribution in [0, 0.1) is 11.7 Å². The van der Waals surface area contributed by atoms with Crippen LogP contribution in [0.2, 0.25) is 0 Å². The Labute approximate surface area is 132 Å². The van der Waals surface area contributed by atoms with Gasteiger partial charge in [-0.2, -0.15) is 13.2 Å². The summed E-state index contributed by atoms with van der Waals surface area (Å²) in [4.78, 5) is 13.8. The molecule has 1 aliphatic heterocycles. The van der Waals surface area contributed by atoms with Crippen LogP contribution in [0.15, 0.2) is 18.2 Å². The lowest BCUT2D eigenvalue weighted by Crippen LogP contribution is -2.41. The lowest BCUT2D eigenvalue weighted by atomic mass is 9.96. The molecule has 1 N–H and O–H groups in total. The van der Waals surface area contributed by atoms with Gasteiger partial charge in [-0.1, -0.05) is 6.92 Å². The molecule has 2 rings (SSSR count). The average Bonchev–Trinajstić information content (AvgIpc) is 2.52. The van der Waals surface area contributed by atoms with Gasteiger partial charge in [0.2, 0.25) is 0 Å². The Kier molecular flexibility index (Phi) is 5.62. The van der Waals surface area contributed by atoms with E-state index in [0.717, 1.165) is 25.9 Å². The van der Waals surface area contributed by atoms with Gasteiger partial charge in [-0.3, -0.25) is 4.79 Å². The van der Waals surface area contributed by atoms with Crippen LogP contribution in [-0.4, -0.2) is 37.0 Å². The first-order valence-electron chi connectivity index (χ1n) is 7.69. The Morgan fingerprint density at radius 1 is 1.30 bits per heavy atom. The molecule has 0 aliphatic carbocycles.